The van der Waals surface area contributed by atoms with E-state index in [1.54, 1.807) is 31.2 Å². The van der Waals surface area contributed by atoms with E-state index >= 15 is 0 Å². The number of nitro groups is 1. The van der Waals surface area contributed by atoms with E-state index in [0.717, 1.165) is 6.20 Å². The van der Waals surface area contributed by atoms with Crippen LogP contribution >= 0.6 is 11.6 Å². The van der Waals surface area contributed by atoms with Gasteiger partial charge in [-0.05, 0) is 19.1 Å². The molecule has 3 aromatic rings. The van der Waals surface area contributed by atoms with Gasteiger partial charge in [0.15, 0.2) is 0 Å². The van der Waals surface area contributed by atoms with E-state index in [4.69, 9.17) is 16.1 Å². The summed E-state index contributed by atoms with van der Waals surface area (Å²) >= 11 is 6.16. The number of anilines is 1. The van der Waals surface area contributed by atoms with Crippen molar-refractivity contribution in [1.82, 2.24) is 10.1 Å². The fourth-order valence-electron chi connectivity index (χ4n) is 2.22. The first-order chi connectivity index (χ1) is 12.0. The molecule has 0 bridgehead atoms. The van der Waals surface area contributed by atoms with Crippen LogP contribution in [-0.2, 0) is 0 Å². The molecule has 1 N–H and O–H groups in total. The monoisotopic (exact) mass is 358 g/mol. The Balaban J connectivity index is 1.92. The summed E-state index contributed by atoms with van der Waals surface area (Å²) < 4.78 is 5.14. The molecule has 0 spiro atoms. The van der Waals surface area contributed by atoms with Crippen molar-refractivity contribution in [2.45, 2.75) is 6.92 Å². The maximum absolute atomic E-state index is 12.6. The Bertz CT molecular complexity index is 953. The van der Waals surface area contributed by atoms with Gasteiger partial charge < -0.3 is 9.84 Å². The lowest BCUT2D eigenvalue weighted by atomic mass is 10.1. The minimum Gasteiger partial charge on any atom is -0.360 e. The summed E-state index contributed by atoms with van der Waals surface area (Å²) in [6, 6.07) is 9.53. The molecule has 25 heavy (non-hydrogen) atoms. The van der Waals surface area contributed by atoms with Gasteiger partial charge in [-0.2, -0.15) is 0 Å². The number of rotatable bonds is 4. The summed E-state index contributed by atoms with van der Waals surface area (Å²) in [5.41, 5.74) is 0.912. The molecule has 2 aromatic heterocycles. The van der Waals surface area contributed by atoms with E-state index in [2.05, 4.69) is 15.5 Å². The molecule has 0 fully saturated rings. The Morgan fingerprint density at radius 1 is 1.28 bits per heavy atom. The maximum atomic E-state index is 12.6. The Hall–Kier alpha value is -3.26. The van der Waals surface area contributed by atoms with Crippen molar-refractivity contribution in [2.75, 3.05) is 5.32 Å². The second-order valence-electron chi connectivity index (χ2n) is 5.06. The highest BCUT2D eigenvalue weighted by Gasteiger charge is 2.23. The number of aromatic nitrogens is 2. The van der Waals surface area contributed by atoms with E-state index < -0.39 is 10.8 Å². The zero-order valence-electron chi connectivity index (χ0n) is 12.9. The molecule has 3 rings (SSSR count). The zero-order chi connectivity index (χ0) is 18.0. The van der Waals surface area contributed by atoms with Gasteiger partial charge in [-0.1, -0.05) is 35.0 Å². The molecule has 0 saturated carbocycles. The summed E-state index contributed by atoms with van der Waals surface area (Å²) in [5.74, 6) is -0.0225. The molecular weight excluding hydrogens is 348 g/mol. The molecule has 1 aromatic carbocycles. The predicted molar refractivity (Wildman–Crippen MR) is 90.5 cm³/mol. The number of nitrogens with one attached hydrogen (secondary N) is 1. The van der Waals surface area contributed by atoms with Crippen molar-refractivity contribution >= 4 is 29.0 Å². The molecule has 0 aliphatic rings. The topological polar surface area (TPSA) is 111 Å². The van der Waals surface area contributed by atoms with Crippen LogP contribution < -0.4 is 5.32 Å². The molecule has 126 valence electrons. The van der Waals surface area contributed by atoms with Crippen LogP contribution in [0.3, 0.4) is 0 Å². The number of hydrogen-bond acceptors (Lipinski definition) is 6. The standard InChI is InChI=1S/C16H11ClN4O4/c1-9-14(15(20-25-9)11-4-2-3-5-12(11)17)16(22)19-13-7-6-10(8-18-13)21(23)24/h2-8H,1H3,(H,18,19,22). The number of hydrogen-bond donors (Lipinski definition) is 1. The minimum atomic E-state index is -0.571. The maximum Gasteiger partial charge on any atom is 0.287 e. The van der Waals surface area contributed by atoms with Crippen molar-refractivity contribution in [3.63, 3.8) is 0 Å². The number of carbonyl (C=O) groups is 1. The third-order valence-corrected chi connectivity index (χ3v) is 3.75. The normalized spacial score (nSPS) is 10.5. The van der Waals surface area contributed by atoms with Gasteiger partial charge in [0.1, 0.15) is 29.0 Å². The summed E-state index contributed by atoms with van der Waals surface area (Å²) in [4.78, 5) is 26.5. The van der Waals surface area contributed by atoms with E-state index in [0.29, 0.717) is 22.0 Å². The van der Waals surface area contributed by atoms with Gasteiger partial charge in [0, 0.05) is 11.6 Å². The number of amides is 1. The highest BCUT2D eigenvalue weighted by atomic mass is 35.5. The molecule has 0 atom stereocenters. The average Bonchev–Trinajstić information content (AvgIpc) is 2.97. The molecule has 8 nitrogen and oxygen atoms in total. The second-order valence-corrected chi connectivity index (χ2v) is 5.46. The van der Waals surface area contributed by atoms with Crippen molar-refractivity contribution in [3.8, 4) is 11.3 Å². The van der Waals surface area contributed by atoms with Crippen molar-refractivity contribution in [2.24, 2.45) is 0 Å². The fourth-order valence-corrected chi connectivity index (χ4v) is 2.45. The Morgan fingerprint density at radius 3 is 2.68 bits per heavy atom. The van der Waals surface area contributed by atoms with E-state index in [-0.39, 0.29) is 17.1 Å². The predicted octanol–water partition coefficient (Wildman–Crippen LogP) is 3.86. The number of benzene rings is 1. The number of nitrogens with zero attached hydrogens (tertiary/aromatic N) is 3. The molecule has 0 radical (unpaired) electrons. The van der Waals surface area contributed by atoms with Crippen LogP contribution in [0.1, 0.15) is 16.1 Å². The molecular formula is C16H11ClN4O4. The number of pyridine rings is 1. The smallest absolute Gasteiger partial charge is 0.287 e. The van der Waals surface area contributed by atoms with Crippen LogP contribution in [0.4, 0.5) is 11.5 Å². The van der Waals surface area contributed by atoms with Gasteiger partial charge in [-0.25, -0.2) is 4.98 Å². The van der Waals surface area contributed by atoms with Gasteiger partial charge in [0.05, 0.1) is 9.95 Å². The summed E-state index contributed by atoms with van der Waals surface area (Å²) in [5, 5.41) is 17.6. The van der Waals surface area contributed by atoms with Crippen LogP contribution in [0.25, 0.3) is 11.3 Å². The number of carbonyl (C=O) groups excluding carboxylic acids is 1. The second kappa shape index (κ2) is 6.70. The van der Waals surface area contributed by atoms with Gasteiger partial charge in [-0.15, -0.1) is 0 Å². The van der Waals surface area contributed by atoms with Crippen LogP contribution in [0.15, 0.2) is 47.1 Å². The first-order valence-electron chi connectivity index (χ1n) is 7.10. The lowest BCUT2D eigenvalue weighted by molar-refractivity contribution is -0.385. The van der Waals surface area contributed by atoms with Crippen molar-refractivity contribution in [3.05, 3.63) is 69.1 Å². The summed E-state index contributed by atoms with van der Waals surface area (Å²) in [7, 11) is 0. The van der Waals surface area contributed by atoms with E-state index in [9.17, 15) is 14.9 Å². The third-order valence-electron chi connectivity index (χ3n) is 3.42. The SMILES string of the molecule is Cc1onc(-c2ccccc2Cl)c1C(=O)Nc1ccc([N+](=O)[O-])cn1. The molecule has 0 saturated heterocycles. The molecule has 0 unspecified atom stereocenters. The summed E-state index contributed by atoms with van der Waals surface area (Å²) in [6.45, 7) is 1.60. The van der Waals surface area contributed by atoms with Gasteiger partial charge in [0.25, 0.3) is 11.6 Å². The van der Waals surface area contributed by atoms with Crippen molar-refractivity contribution in [1.29, 1.82) is 0 Å². The molecule has 1 amide bonds. The Labute approximate surface area is 146 Å². The van der Waals surface area contributed by atoms with Gasteiger partial charge in [-0.3, -0.25) is 14.9 Å². The molecule has 0 aliphatic heterocycles. The number of halogens is 1. The van der Waals surface area contributed by atoms with Crippen LogP contribution in [-0.4, -0.2) is 21.0 Å². The minimum absolute atomic E-state index is 0.168. The lowest BCUT2D eigenvalue weighted by Gasteiger charge is -2.06. The van der Waals surface area contributed by atoms with Gasteiger partial charge >= 0.3 is 0 Å². The van der Waals surface area contributed by atoms with Crippen LogP contribution in [0, 0.1) is 17.0 Å². The quantitative estimate of drug-likeness (QED) is 0.560. The largest absolute Gasteiger partial charge is 0.360 e. The first-order valence-corrected chi connectivity index (χ1v) is 7.48. The lowest BCUT2D eigenvalue weighted by Crippen LogP contribution is -2.14. The van der Waals surface area contributed by atoms with Gasteiger partial charge in [0.2, 0.25) is 0 Å². The first kappa shape index (κ1) is 16.6. The highest BCUT2D eigenvalue weighted by Crippen LogP contribution is 2.31. The highest BCUT2D eigenvalue weighted by molar-refractivity contribution is 6.33. The number of aryl methyl sites for hydroxylation is 1. The Morgan fingerprint density at radius 2 is 2.04 bits per heavy atom. The summed E-state index contributed by atoms with van der Waals surface area (Å²) in [6.07, 6.45) is 1.06. The third kappa shape index (κ3) is 3.33. The van der Waals surface area contributed by atoms with E-state index in [1.807, 2.05) is 0 Å². The average molecular weight is 359 g/mol. The molecule has 9 heteroatoms. The van der Waals surface area contributed by atoms with Crippen LogP contribution in [0.5, 0.6) is 0 Å². The molecule has 2 heterocycles. The molecule has 0 aliphatic carbocycles. The zero-order valence-corrected chi connectivity index (χ0v) is 13.6. The fraction of sp³-hybridized carbons (Fsp3) is 0.0625. The van der Waals surface area contributed by atoms with E-state index in [1.165, 1.54) is 12.1 Å². The van der Waals surface area contributed by atoms with Crippen LogP contribution in [0.2, 0.25) is 5.02 Å². The van der Waals surface area contributed by atoms with Crippen molar-refractivity contribution < 1.29 is 14.2 Å². The Kier molecular flexibility index (Phi) is 4.44.